The van der Waals surface area contributed by atoms with Crippen molar-refractivity contribution in [3.05, 3.63) is 86.3 Å². The summed E-state index contributed by atoms with van der Waals surface area (Å²) in [4.78, 5) is 5.01. The molecule has 30 heavy (non-hydrogen) atoms. The lowest BCUT2D eigenvalue weighted by Crippen LogP contribution is -2.33. The first-order valence-electron chi connectivity index (χ1n) is 9.53. The summed E-state index contributed by atoms with van der Waals surface area (Å²) in [6.07, 6.45) is 0.395. The van der Waals surface area contributed by atoms with Crippen LogP contribution in [-0.4, -0.2) is 17.6 Å². The van der Waals surface area contributed by atoms with Crippen LogP contribution in [0.25, 0.3) is 0 Å². The van der Waals surface area contributed by atoms with E-state index in [-0.39, 0.29) is 24.8 Å². The third kappa shape index (κ3) is 3.85. The number of hydrogen-bond acceptors (Lipinski definition) is 5. The first-order chi connectivity index (χ1) is 14.6. The van der Waals surface area contributed by atoms with Crippen LogP contribution in [0.2, 0.25) is 0 Å². The normalized spacial score (nSPS) is 20.1. The van der Waals surface area contributed by atoms with E-state index in [2.05, 4.69) is 37.2 Å². The van der Waals surface area contributed by atoms with Crippen molar-refractivity contribution >= 4 is 37.6 Å². The Hall–Kier alpha value is -2.35. The molecule has 2 heterocycles. The number of fused-ring (bicyclic) bond motifs is 1. The highest BCUT2D eigenvalue weighted by molar-refractivity contribution is 9.10. The molecule has 2 atom stereocenters. The highest BCUT2D eigenvalue weighted by Crippen LogP contribution is 2.38. The molecular formula is C23H18Br2N2O3. The van der Waals surface area contributed by atoms with Crippen LogP contribution < -0.4 is 14.8 Å². The topological polar surface area (TPSA) is 63.1 Å². The first-order valence-corrected chi connectivity index (χ1v) is 11.1. The van der Waals surface area contributed by atoms with Crippen molar-refractivity contribution in [2.24, 2.45) is 4.99 Å². The molecule has 2 N–H and O–H groups in total. The van der Waals surface area contributed by atoms with Gasteiger partial charge in [-0.25, -0.2) is 0 Å². The Morgan fingerprint density at radius 1 is 0.900 bits per heavy atom. The summed E-state index contributed by atoms with van der Waals surface area (Å²) in [5.41, 5.74) is 3.82. The smallest absolute Gasteiger partial charge is 0.231 e. The van der Waals surface area contributed by atoms with Crippen molar-refractivity contribution in [3.63, 3.8) is 0 Å². The molecule has 5 rings (SSSR count). The van der Waals surface area contributed by atoms with Crippen LogP contribution in [0.4, 0.5) is 0 Å². The van der Waals surface area contributed by atoms with Crippen molar-refractivity contribution in [1.82, 2.24) is 5.32 Å². The zero-order valence-corrected chi connectivity index (χ0v) is 19.0. The number of benzene rings is 3. The molecule has 0 spiro atoms. The van der Waals surface area contributed by atoms with Gasteiger partial charge >= 0.3 is 0 Å². The van der Waals surface area contributed by atoms with Gasteiger partial charge in [0, 0.05) is 32.7 Å². The minimum absolute atomic E-state index is 0.103. The van der Waals surface area contributed by atoms with E-state index in [0.29, 0.717) is 6.42 Å². The number of halogens is 2. The van der Waals surface area contributed by atoms with Gasteiger partial charge < -0.3 is 14.6 Å². The largest absolute Gasteiger partial charge is 0.508 e. The molecule has 152 valence electrons. The monoisotopic (exact) mass is 528 g/mol. The SMILES string of the molecule is Oc1ccc(Br)cc1[C@H]1CC(c2ccc3c(c2)OCO3)=N[C@@H](c2ccc(Br)cc2)N1. The summed E-state index contributed by atoms with van der Waals surface area (Å²) in [5, 5.41) is 14.1. The molecule has 0 saturated heterocycles. The number of aliphatic imine (C=N–C) groups is 1. The maximum Gasteiger partial charge on any atom is 0.231 e. The highest BCUT2D eigenvalue weighted by Gasteiger charge is 2.28. The van der Waals surface area contributed by atoms with Gasteiger partial charge in [0.25, 0.3) is 0 Å². The molecule has 2 aliphatic rings. The predicted octanol–water partition coefficient (Wildman–Crippen LogP) is 5.87. The molecule has 0 aromatic heterocycles. The number of ether oxygens (including phenoxy) is 2. The molecule has 0 aliphatic carbocycles. The lowest BCUT2D eigenvalue weighted by Gasteiger charge is -2.31. The average Bonchev–Trinajstić information content (AvgIpc) is 3.23. The fourth-order valence-corrected chi connectivity index (χ4v) is 4.42. The average molecular weight is 530 g/mol. The zero-order chi connectivity index (χ0) is 20.7. The summed E-state index contributed by atoms with van der Waals surface area (Å²) in [7, 11) is 0. The van der Waals surface area contributed by atoms with Crippen LogP contribution in [0.15, 0.2) is 74.6 Å². The molecule has 2 aliphatic heterocycles. The molecule has 0 unspecified atom stereocenters. The Kier molecular flexibility index (Phi) is 5.26. The van der Waals surface area contributed by atoms with E-state index in [1.54, 1.807) is 6.07 Å². The van der Waals surface area contributed by atoms with E-state index in [1.807, 2.05) is 54.6 Å². The molecule has 0 saturated carbocycles. The predicted molar refractivity (Wildman–Crippen MR) is 122 cm³/mol. The van der Waals surface area contributed by atoms with E-state index in [4.69, 9.17) is 14.5 Å². The van der Waals surface area contributed by atoms with Crippen LogP contribution in [0.3, 0.4) is 0 Å². The number of nitrogens with one attached hydrogen (secondary N) is 1. The van der Waals surface area contributed by atoms with Gasteiger partial charge in [-0.15, -0.1) is 0 Å². The van der Waals surface area contributed by atoms with Crippen LogP contribution in [0.1, 0.15) is 35.3 Å². The lowest BCUT2D eigenvalue weighted by atomic mass is 9.93. The molecule has 3 aromatic rings. The number of hydrogen-bond donors (Lipinski definition) is 2. The molecule has 0 amide bonds. The van der Waals surface area contributed by atoms with Gasteiger partial charge in [0.15, 0.2) is 11.5 Å². The highest BCUT2D eigenvalue weighted by atomic mass is 79.9. The van der Waals surface area contributed by atoms with Gasteiger partial charge in [0.1, 0.15) is 11.9 Å². The van der Waals surface area contributed by atoms with E-state index in [0.717, 1.165) is 42.8 Å². The summed E-state index contributed by atoms with van der Waals surface area (Å²) < 4.78 is 12.9. The first kappa shape index (κ1) is 19.6. The summed E-state index contributed by atoms with van der Waals surface area (Å²) in [6, 6.07) is 19.4. The number of aromatic hydroxyl groups is 1. The summed E-state index contributed by atoms with van der Waals surface area (Å²) in [5.74, 6) is 1.74. The molecule has 5 nitrogen and oxygen atoms in total. The van der Waals surface area contributed by atoms with E-state index in [1.165, 1.54) is 0 Å². The fraction of sp³-hybridized carbons (Fsp3) is 0.174. The van der Waals surface area contributed by atoms with Gasteiger partial charge in [-0.1, -0.05) is 44.0 Å². The third-order valence-electron chi connectivity index (χ3n) is 5.30. The van der Waals surface area contributed by atoms with Gasteiger partial charge in [0.2, 0.25) is 6.79 Å². The standard InChI is InChI=1S/C23H18Br2N2O3/c24-15-4-1-13(2-5-15)23-26-18(14-3-8-21-22(9-14)30-12-29-21)11-19(27-23)17-10-16(25)6-7-20(17)28/h1-10,19,23,27-28H,11-12H2/t19-,23-/m1/s1. The number of phenolic OH excluding ortho intramolecular Hbond substituents is 1. The van der Waals surface area contributed by atoms with Crippen molar-refractivity contribution in [2.75, 3.05) is 6.79 Å². The Bertz CT molecular complexity index is 1130. The van der Waals surface area contributed by atoms with Crippen LogP contribution >= 0.6 is 31.9 Å². The van der Waals surface area contributed by atoms with Gasteiger partial charge in [0.05, 0.1) is 0 Å². The second kappa shape index (κ2) is 8.06. The van der Waals surface area contributed by atoms with Crippen LogP contribution in [-0.2, 0) is 0 Å². The minimum atomic E-state index is -0.240. The Morgan fingerprint density at radius 2 is 1.67 bits per heavy atom. The molecule has 0 bridgehead atoms. The maximum absolute atomic E-state index is 10.5. The molecular weight excluding hydrogens is 512 g/mol. The maximum atomic E-state index is 10.5. The molecule has 0 radical (unpaired) electrons. The van der Waals surface area contributed by atoms with Crippen molar-refractivity contribution in [2.45, 2.75) is 18.6 Å². The van der Waals surface area contributed by atoms with Crippen LogP contribution in [0.5, 0.6) is 17.2 Å². The summed E-state index contributed by atoms with van der Waals surface area (Å²) >= 11 is 7.01. The summed E-state index contributed by atoms with van der Waals surface area (Å²) in [6.45, 7) is 0.239. The molecule has 3 aromatic carbocycles. The number of nitrogens with zero attached hydrogens (tertiary/aromatic N) is 1. The van der Waals surface area contributed by atoms with Gasteiger partial charge in [-0.05, 0) is 59.7 Å². The van der Waals surface area contributed by atoms with Gasteiger partial charge in [-0.2, -0.15) is 0 Å². The Labute approximate surface area is 191 Å². The van der Waals surface area contributed by atoms with E-state index >= 15 is 0 Å². The zero-order valence-electron chi connectivity index (χ0n) is 15.8. The van der Waals surface area contributed by atoms with E-state index < -0.39 is 0 Å². The van der Waals surface area contributed by atoms with Crippen molar-refractivity contribution < 1.29 is 14.6 Å². The molecule has 0 fully saturated rings. The second-order valence-corrected chi connectivity index (χ2v) is 9.06. The van der Waals surface area contributed by atoms with Crippen molar-refractivity contribution in [1.29, 1.82) is 0 Å². The minimum Gasteiger partial charge on any atom is -0.508 e. The quantitative estimate of drug-likeness (QED) is 0.445. The van der Waals surface area contributed by atoms with Crippen molar-refractivity contribution in [3.8, 4) is 17.2 Å². The third-order valence-corrected chi connectivity index (χ3v) is 6.32. The lowest BCUT2D eigenvalue weighted by molar-refractivity contribution is 0.174. The number of rotatable bonds is 3. The van der Waals surface area contributed by atoms with Gasteiger partial charge in [-0.3, -0.25) is 10.3 Å². The van der Waals surface area contributed by atoms with E-state index in [9.17, 15) is 5.11 Å². The Morgan fingerprint density at radius 3 is 2.50 bits per heavy atom. The molecule has 7 heteroatoms. The number of phenols is 1. The second-order valence-electron chi connectivity index (χ2n) is 7.22. The Balaban J connectivity index is 1.56. The van der Waals surface area contributed by atoms with Crippen LogP contribution in [0, 0.1) is 0 Å². The fourth-order valence-electron chi connectivity index (χ4n) is 3.78.